The number of nitrogens with one attached hydrogen (secondary N) is 3. The molecule has 2 unspecified atom stereocenters. The van der Waals surface area contributed by atoms with E-state index in [2.05, 4.69) is 27.6 Å². The molecule has 2 amide bonds. The molecule has 2 atom stereocenters. The van der Waals surface area contributed by atoms with Gasteiger partial charge in [-0.3, -0.25) is 10.1 Å². The Morgan fingerprint density at radius 3 is 2.25 bits per heavy atom. The van der Waals surface area contributed by atoms with Gasteiger partial charge in [0.15, 0.2) is 0 Å². The normalized spacial score (nSPS) is 21.3. The van der Waals surface area contributed by atoms with Crippen LogP contribution >= 0.6 is 0 Å². The SMILES string of the molecule is COC(=O)Nc1ccc(NC(=O)C2CNCC2C)cc1. The third-order valence-electron chi connectivity index (χ3n) is 3.44. The van der Waals surface area contributed by atoms with Crippen molar-refractivity contribution in [2.24, 2.45) is 11.8 Å². The quantitative estimate of drug-likeness (QED) is 0.785. The van der Waals surface area contributed by atoms with Gasteiger partial charge in [-0.2, -0.15) is 0 Å². The number of benzene rings is 1. The molecule has 0 bridgehead atoms. The molecule has 1 aliphatic heterocycles. The van der Waals surface area contributed by atoms with Crippen molar-refractivity contribution in [3.05, 3.63) is 24.3 Å². The Kier molecular flexibility index (Phi) is 4.57. The first-order valence-corrected chi connectivity index (χ1v) is 6.56. The molecule has 0 saturated carbocycles. The second-order valence-electron chi connectivity index (χ2n) is 4.93. The lowest BCUT2D eigenvalue weighted by molar-refractivity contribution is -0.120. The summed E-state index contributed by atoms with van der Waals surface area (Å²) in [7, 11) is 1.31. The zero-order valence-electron chi connectivity index (χ0n) is 11.6. The summed E-state index contributed by atoms with van der Waals surface area (Å²) in [5, 5.41) is 8.64. The highest BCUT2D eigenvalue weighted by Crippen LogP contribution is 2.19. The maximum atomic E-state index is 12.1. The molecular formula is C14H19N3O3. The van der Waals surface area contributed by atoms with E-state index in [-0.39, 0.29) is 11.8 Å². The highest BCUT2D eigenvalue weighted by molar-refractivity contribution is 5.93. The van der Waals surface area contributed by atoms with Crippen LogP contribution < -0.4 is 16.0 Å². The van der Waals surface area contributed by atoms with Crippen molar-refractivity contribution >= 4 is 23.4 Å². The Balaban J connectivity index is 1.93. The maximum absolute atomic E-state index is 12.1. The molecule has 1 aromatic rings. The number of rotatable bonds is 3. The minimum absolute atomic E-state index is 0.00266. The van der Waals surface area contributed by atoms with Crippen molar-refractivity contribution in [2.45, 2.75) is 6.92 Å². The van der Waals surface area contributed by atoms with Crippen LogP contribution in [0.5, 0.6) is 0 Å². The van der Waals surface area contributed by atoms with Crippen LogP contribution in [0.15, 0.2) is 24.3 Å². The topological polar surface area (TPSA) is 79.5 Å². The molecule has 1 aliphatic rings. The fraction of sp³-hybridized carbons (Fsp3) is 0.429. The first-order valence-electron chi connectivity index (χ1n) is 6.56. The summed E-state index contributed by atoms with van der Waals surface area (Å²) in [6.07, 6.45) is -0.521. The van der Waals surface area contributed by atoms with Gasteiger partial charge in [0.05, 0.1) is 13.0 Å². The molecule has 0 spiro atoms. The molecule has 3 N–H and O–H groups in total. The van der Waals surface area contributed by atoms with Gasteiger partial charge in [0.25, 0.3) is 0 Å². The first kappa shape index (κ1) is 14.3. The maximum Gasteiger partial charge on any atom is 0.411 e. The molecule has 1 heterocycles. The summed E-state index contributed by atoms with van der Waals surface area (Å²) < 4.78 is 4.50. The Labute approximate surface area is 117 Å². The van der Waals surface area contributed by atoms with E-state index in [0.717, 1.165) is 13.1 Å². The zero-order chi connectivity index (χ0) is 14.5. The molecule has 1 saturated heterocycles. The lowest BCUT2D eigenvalue weighted by atomic mass is 9.97. The minimum Gasteiger partial charge on any atom is -0.453 e. The Hall–Kier alpha value is -2.08. The van der Waals surface area contributed by atoms with Gasteiger partial charge in [0, 0.05) is 17.9 Å². The van der Waals surface area contributed by atoms with Gasteiger partial charge in [-0.05, 0) is 36.7 Å². The largest absolute Gasteiger partial charge is 0.453 e. The number of hydrogen-bond donors (Lipinski definition) is 3. The monoisotopic (exact) mass is 277 g/mol. The number of hydrogen-bond acceptors (Lipinski definition) is 4. The molecule has 0 aromatic heterocycles. The molecular weight excluding hydrogens is 258 g/mol. The van der Waals surface area contributed by atoms with Crippen LogP contribution in [0.3, 0.4) is 0 Å². The van der Waals surface area contributed by atoms with Crippen molar-refractivity contribution in [1.29, 1.82) is 0 Å². The van der Waals surface area contributed by atoms with Gasteiger partial charge in [-0.15, -0.1) is 0 Å². The fourth-order valence-corrected chi connectivity index (χ4v) is 2.20. The van der Waals surface area contributed by atoms with Gasteiger partial charge in [-0.25, -0.2) is 4.79 Å². The summed E-state index contributed by atoms with van der Waals surface area (Å²) in [6.45, 7) is 3.66. The van der Waals surface area contributed by atoms with Crippen LogP contribution in [0.2, 0.25) is 0 Å². The van der Waals surface area contributed by atoms with E-state index >= 15 is 0 Å². The first-order chi connectivity index (χ1) is 9.60. The van der Waals surface area contributed by atoms with Crippen LogP contribution in [-0.4, -0.2) is 32.2 Å². The van der Waals surface area contributed by atoms with Crippen LogP contribution in [0.25, 0.3) is 0 Å². The zero-order valence-corrected chi connectivity index (χ0v) is 11.6. The molecule has 108 valence electrons. The van der Waals surface area contributed by atoms with Gasteiger partial charge in [0.1, 0.15) is 0 Å². The van der Waals surface area contributed by atoms with E-state index < -0.39 is 6.09 Å². The summed E-state index contributed by atoms with van der Waals surface area (Å²) in [4.78, 5) is 23.1. The van der Waals surface area contributed by atoms with E-state index in [9.17, 15) is 9.59 Å². The molecule has 2 rings (SSSR count). The lowest BCUT2D eigenvalue weighted by Crippen LogP contribution is -2.27. The Morgan fingerprint density at radius 1 is 1.15 bits per heavy atom. The third kappa shape index (κ3) is 3.48. The van der Waals surface area contributed by atoms with Crippen LogP contribution in [0.1, 0.15) is 6.92 Å². The van der Waals surface area contributed by atoms with E-state index in [1.54, 1.807) is 24.3 Å². The standard InChI is InChI=1S/C14H19N3O3/c1-9-7-15-8-12(9)13(18)16-10-3-5-11(6-4-10)17-14(19)20-2/h3-6,9,12,15H,7-8H2,1-2H3,(H,16,18)(H,17,19). The number of anilines is 2. The van der Waals surface area contributed by atoms with Crippen molar-refractivity contribution < 1.29 is 14.3 Å². The highest BCUT2D eigenvalue weighted by Gasteiger charge is 2.29. The second kappa shape index (κ2) is 6.38. The van der Waals surface area contributed by atoms with Crippen molar-refractivity contribution in [2.75, 3.05) is 30.8 Å². The second-order valence-corrected chi connectivity index (χ2v) is 4.93. The van der Waals surface area contributed by atoms with Gasteiger partial charge in [-0.1, -0.05) is 6.92 Å². The molecule has 6 nitrogen and oxygen atoms in total. The fourth-order valence-electron chi connectivity index (χ4n) is 2.20. The predicted molar refractivity (Wildman–Crippen MR) is 76.6 cm³/mol. The predicted octanol–water partition coefficient (Wildman–Crippen LogP) is 1.66. The van der Waals surface area contributed by atoms with E-state index in [4.69, 9.17) is 0 Å². The van der Waals surface area contributed by atoms with Gasteiger partial charge >= 0.3 is 6.09 Å². The van der Waals surface area contributed by atoms with E-state index in [1.807, 2.05) is 0 Å². The Morgan fingerprint density at radius 2 is 1.75 bits per heavy atom. The molecule has 0 aliphatic carbocycles. The molecule has 6 heteroatoms. The van der Waals surface area contributed by atoms with Crippen molar-refractivity contribution in [3.63, 3.8) is 0 Å². The number of carbonyl (C=O) groups is 2. The third-order valence-corrected chi connectivity index (χ3v) is 3.44. The van der Waals surface area contributed by atoms with Crippen molar-refractivity contribution in [1.82, 2.24) is 5.32 Å². The number of methoxy groups -OCH3 is 1. The minimum atomic E-state index is -0.521. The number of ether oxygens (including phenoxy) is 1. The highest BCUT2D eigenvalue weighted by atomic mass is 16.5. The number of carbonyl (C=O) groups excluding carboxylic acids is 2. The molecule has 1 aromatic carbocycles. The number of amides is 2. The van der Waals surface area contributed by atoms with Gasteiger partial charge < -0.3 is 15.4 Å². The smallest absolute Gasteiger partial charge is 0.411 e. The average molecular weight is 277 g/mol. The van der Waals surface area contributed by atoms with E-state index in [1.165, 1.54) is 7.11 Å². The molecule has 20 heavy (non-hydrogen) atoms. The summed E-state index contributed by atoms with van der Waals surface area (Å²) in [5.41, 5.74) is 1.33. The average Bonchev–Trinajstić information content (AvgIpc) is 2.87. The molecule has 1 fully saturated rings. The van der Waals surface area contributed by atoms with E-state index in [0.29, 0.717) is 17.3 Å². The van der Waals surface area contributed by atoms with Crippen LogP contribution in [-0.2, 0) is 9.53 Å². The van der Waals surface area contributed by atoms with Gasteiger partial charge in [0.2, 0.25) is 5.91 Å². The summed E-state index contributed by atoms with van der Waals surface area (Å²) in [6, 6.07) is 6.91. The van der Waals surface area contributed by atoms with Crippen LogP contribution in [0.4, 0.5) is 16.2 Å². The summed E-state index contributed by atoms with van der Waals surface area (Å²) in [5.74, 6) is 0.370. The summed E-state index contributed by atoms with van der Waals surface area (Å²) >= 11 is 0. The Bertz CT molecular complexity index is 487. The van der Waals surface area contributed by atoms with Crippen molar-refractivity contribution in [3.8, 4) is 0 Å². The van der Waals surface area contributed by atoms with Crippen LogP contribution in [0, 0.1) is 11.8 Å². The molecule has 0 radical (unpaired) electrons. The lowest BCUT2D eigenvalue weighted by Gasteiger charge is -2.14.